The van der Waals surface area contributed by atoms with Crippen LogP contribution in [0.2, 0.25) is 0 Å². The van der Waals surface area contributed by atoms with Gasteiger partial charge in [-0.05, 0) is 31.7 Å². The maximum absolute atomic E-state index is 13.2. The molecule has 2 aromatic rings. The van der Waals surface area contributed by atoms with Crippen molar-refractivity contribution in [2.24, 2.45) is 5.41 Å². The van der Waals surface area contributed by atoms with Gasteiger partial charge in [0.1, 0.15) is 0 Å². The first-order chi connectivity index (χ1) is 15.2. The Hall–Kier alpha value is -2.66. The van der Waals surface area contributed by atoms with Gasteiger partial charge in [0, 0.05) is 24.0 Å². The summed E-state index contributed by atoms with van der Waals surface area (Å²) >= 11 is 0. The molecule has 0 radical (unpaired) electrons. The number of carbonyl (C=O) groups is 2. The Bertz CT molecular complexity index is 1170. The highest BCUT2D eigenvalue weighted by Crippen LogP contribution is 2.44. The van der Waals surface area contributed by atoms with Gasteiger partial charge in [-0.25, -0.2) is 4.79 Å². The molecule has 1 aliphatic heterocycles. The zero-order valence-corrected chi connectivity index (χ0v) is 20.6. The van der Waals surface area contributed by atoms with Crippen molar-refractivity contribution in [2.75, 3.05) is 19.4 Å². The molecule has 2 atom stereocenters. The van der Waals surface area contributed by atoms with Crippen molar-refractivity contribution in [3.8, 4) is 0 Å². The van der Waals surface area contributed by atoms with Crippen LogP contribution in [0.5, 0.6) is 0 Å². The minimum Gasteiger partial charge on any atom is -0.465 e. The molecule has 0 saturated carbocycles. The number of hydrogen-bond donors (Lipinski definition) is 2. The zero-order valence-electron chi connectivity index (χ0n) is 19.8. The lowest BCUT2D eigenvalue weighted by atomic mass is 9.72. The van der Waals surface area contributed by atoms with Crippen molar-refractivity contribution in [2.45, 2.75) is 58.7 Å². The second-order valence-electron chi connectivity index (χ2n) is 9.92. The summed E-state index contributed by atoms with van der Waals surface area (Å²) < 4.78 is 30.2. The van der Waals surface area contributed by atoms with Gasteiger partial charge >= 0.3 is 6.09 Å². The maximum atomic E-state index is 13.2. The first kappa shape index (κ1) is 25.0. The number of nitrogens with zero attached hydrogens (tertiary/aromatic N) is 3. The molecule has 2 amide bonds. The third kappa shape index (κ3) is 4.84. The molecule has 2 N–H and O–H groups in total. The topological polar surface area (TPSA) is 131 Å². The number of fused-ring (bicyclic) bond motifs is 1. The second kappa shape index (κ2) is 8.60. The number of amides is 2. The molecule has 1 aliphatic rings. The number of carboxylic acid groups (broad SMARTS) is 1. The minimum atomic E-state index is -3.79. The summed E-state index contributed by atoms with van der Waals surface area (Å²) in [4.78, 5) is 26.5. The van der Waals surface area contributed by atoms with E-state index in [1.54, 1.807) is 4.68 Å². The third-order valence-corrected chi connectivity index (χ3v) is 6.84. The van der Waals surface area contributed by atoms with Crippen molar-refractivity contribution in [1.82, 2.24) is 20.0 Å². The number of carbonyl (C=O) groups excluding carboxylic acids is 1. The van der Waals surface area contributed by atoms with Gasteiger partial charge in [0.25, 0.3) is 16.0 Å². The largest absolute Gasteiger partial charge is 0.465 e. The van der Waals surface area contributed by atoms with Crippen LogP contribution in [0.4, 0.5) is 4.79 Å². The van der Waals surface area contributed by atoms with Gasteiger partial charge in [-0.3, -0.25) is 18.6 Å². The Balaban J connectivity index is 1.93. The van der Waals surface area contributed by atoms with Gasteiger partial charge in [-0.15, -0.1) is 0 Å². The van der Waals surface area contributed by atoms with Gasteiger partial charge in [0.05, 0.1) is 23.9 Å². The molecule has 33 heavy (non-hydrogen) atoms. The van der Waals surface area contributed by atoms with Gasteiger partial charge in [0.15, 0.2) is 5.69 Å². The summed E-state index contributed by atoms with van der Waals surface area (Å²) in [6, 6.07) is 6.94. The molecular formula is C22H32N4O6S. The van der Waals surface area contributed by atoms with Crippen LogP contribution in [0.1, 0.15) is 57.6 Å². The Morgan fingerprint density at radius 3 is 2.48 bits per heavy atom. The lowest BCUT2D eigenvalue weighted by molar-refractivity contribution is -0.00195. The van der Waals surface area contributed by atoms with Crippen molar-refractivity contribution < 1.29 is 27.3 Å². The van der Waals surface area contributed by atoms with Gasteiger partial charge < -0.3 is 10.4 Å². The van der Waals surface area contributed by atoms with Crippen molar-refractivity contribution in [1.29, 1.82) is 0 Å². The Kier molecular flexibility index (Phi) is 6.51. The fourth-order valence-corrected chi connectivity index (χ4v) is 4.92. The molecule has 10 nitrogen and oxygen atoms in total. The maximum Gasteiger partial charge on any atom is 0.407 e. The van der Waals surface area contributed by atoms with Crippen LogP contribution >= 0.6 is 0 Å². The Labute approximate surface area is 194 Å². The van der Waals surface area contributed by atoms with E-state index in [0.717, 1.165) is 11.8 Å². The van der Waals surface area contributed by atoms with Crippen molar-refractivity contribution >= 4 is 33.0 Å². The average molecular weight is 481 g/mol. The summed E-state index contributed by atoms with van der Waals surface area (Å²) in [6.07, 6.45) is -0.0700. The molecule has 0 aliphatic carbocycles. The van der Waals surface area contributed by atoms with E-state index in [9.17, 15) is 23.1 Å². The average Bonchev–Trinajstić information content (AvgIpc) is 3.25. The van der Waals surface area contributed by atoms with E-state index in [2.05, 4.69) is 10.4 Å². The Morgan fingerprint density at radius 2 is 1.94 bits per heavy atom. The Morgan fingerprint density at radius 1 is 1.30 bits per heavy atom. The van der Waals surface area contributed by atoms with E-state index < -0.39 is 39.1 Å². The van der Waals surface area contributed by atoms with Crippen molar-refractivity contribution in [3.05, 3.63) is 30.0 Å². The van der Waals surface area contributed by atoms with Gasteiger partial charge in [-0.2, -0.15) is 13.5 Å². The van der Waals surface area contributed by atoms with E-state index in [0.29, 0.717) is 5.39 Å². The van der Waals surface area contributed by atoms with E-state index in [1.165, 1.54) is 4.90 Å². The summed E-state index contributed by atoms with van der Waals surface area (Å²) in [7, 11) is -3.79. The van der Waals surface area contributed by atoms with Gasteiger partial charge in [0.2, 0.25) is 0 Å². The number of likely N-dealkylation sites (tertiary alicyclic amines) is 1. The molecule has 0 unspecified atom stereocenters. The molecule has 182 valence electrons. The highest BCUT2D eigenvalue weighted by atomic mass is 32.2. The molecule has 1 aromatic carbocycles. The van der Waals surface area contributed by atoms with Crippen LogP contribution < -0.4 is 5.32 Å². The number of aromatic nitrogens is 2. The normalized spacial score (nSPS) is 21.7. The molecule has 1 fully saturated rings. The molecule has 11 heteroatoms. The third-order valence-electron chi connectivity index (χ3n) is 6.30. The molecule has 0 spiro atoms. The van der Waals surface area contributed by atoms with E-state index in [1.807, 2.05) is 58.9 Å². The summed E-state index contributed by atoms with van der Waals surface area (Å²) in [5.74, 6) is -0.408. The molecule has 0 bridgehead atoms. The fourth-order valence-electron chi connectivity index (χ4n) is 4.51. The molecular weight excluding hydrogens is 448 g/mol. The SMILES string of the molecule is CC(C)n1nc(C(=O)N[C@@H]2CN(C(=O)O)[C@](COS(C)(=O)=O)(C(C)(C)C)C2)c2ccccc21. The lowest BCUT2D eigenvalue weighted by Crippen LogP contribution is -2.58. The van der Waals surface area contributed by atoms with Crippen LogP contribution in [0.3, 0.4) is 0 Å². The highest BCUT2D eigenvalue weighted by Gasteiger charge is 2.56. The number of rotatable bonds is 6. The molecule has 1 aromatic heterocycles. The number of benzene rings is 1. The predicted octanol–water partition coefficient (Wildman–Crippen LogP) is 2.86. The standard InChI is InChI=1S/C22H32N4O6S/c1-14(2)26-17-10-8-7-9-16(17)18(24-26)19(27)23-15-11-22(21(3,4)5,13-32-33(6,30)31)25(12-15)20(28)29/h7-10,14-15H,11-13H2,1-6H3,(H,23,27)(H,28,29)/t15-,22+/m0/s1. The quantitative estimate of drug-likeness (QED) is 0.608. The lowest BCUT2D eigenvalue weighted by Gasteiger charge is -2.46. The number of hydrogen-bond acceptors (Lipinski definition) is 6. The van der Waals surface area contributed by atoms with Crippen LogP contribution in [0.15, 0.2) is 24.3 Å². The summed E-state index contributed by atoms with van der Waals surface area (Å²) in [6.45, 7) is 9.11. The summed E-state index contributed by atoms with van der Waals surface area (Å²) in [5.41, 5.74) is -0.718. The van der Waals surface area contributed by atoms with E-state index >= 15 is 0 Å². The monoisotopic (exact) mass is 480 g/mol. The molecule has 1 saturated heterocycles. The van der Waals surface area contributed by atoms with Crippen LogP contribution in [-0.2, 0) is 14.3 Å². The van der Waals surface area contributed by atoms with Crippen LogP contribution in [0, 0.1) is 5.41 Å². The predicted molar refractivity (Wildman–Crippen MR) is 124 cm³/mol. The van der Waals surface area contributed by atoms with Crippen molar-refractivity contribution in [3.63, 3.8) is 0 Å². The number of para-hydroxylation sites is 1. The van der Waals surface area contributed by atoms with Gasteiger partial charge in [-0.1, -0.05) is 39.0 Å². The van der Waals surface area contributed by atoms with Crippen LogP contribution in [0.25, 0.3) is 10.9 Å². The molecule has 2 heterocycles. The fraction of sp³-hybridized carbons (Fsp3) is 0.591. The van der Waals surface area contributed by atoms with E-state index in [-0.39, 0.29) is 31.3 Å². The molecule has 3 rings (SSSR count). The zero-order chi connectivity index (χ0) is 24.8. The smallest absolute Gasteiger partial charge is 0.407 e. The second-order valence-corrected chi connectivity index (χ2v) is 11.6. The highest BCUT2D eigenvalue weighted by molar-refractivity contribution is 7.85. The van der Waals surface area contributed by atoms with E-state index in [4.69, 9.17) is 4.18 Å². The van der Waals surface area contributed by atoms with Crippen LogP contribution in [-0.4, -0.2) is 71.2 Å². The first-order valence-corrected chi connectivity index (χ1v) is 12.6. The number of nitrogens with one attached hydrogen (secondary N) is 1. The summed E-state index contributed by atoms with van der Waals surface area (Å²) in [5, 5.41) is 18.0. The first-order valence-electron chi connectivity index (χ1n) is 10.8. The minimum absolute atomic E-state index is 0.00822.